The van der Waals surface area contributed by atoms with Gasteiger partial charge in [-0.25, -0.2) is 15.0 Å². The Morgan fingerprint density at radius 1 is 0.224 bits per heavy atom. The molecule has 0 spiro atoms. The maximum absolute atomic E-state index is 6.44. The van der Waals surface area contributed by atoms with Crippen LogP contribution < -0.4 is 0 Å². The summed E-state index contributed by atoms with van der Waals surface area (Å²) < 4.78 is 31.5. The van der Waals surface area contributed by atoms with E-state index in [0.29, 0.717) is 34.6 Å². The highest BCUT2D eigenvalue weighted by atomic mass is 32.1. The van der Waals surface area contributed by atoms with Crippen molar-refractivity contribution >= 4 is 185 Å². The van der Waals surface area contributed by atoms with E-state index < -0.39 is 0 Å². The number of benzene rings is 19. The van der Waals surface area contributed by atoms with Gasteiger partial charge >= 0.3 is 0 Å². The van der Waals surface area contributed by atoms with E-state index in [1.165, 1.54) is 102 Å². The second kappa shape index (κ2) is 32.2. The second-order valence-electron chi connectivity index (χ2n) is 37.3. The lowest BCUT2D eigenvalue weighted by molar-refractivity contribution is 0.653. The van der Waals surface area contributed by atoms with Crippen LogP contribution in [0.25, 0.3) is 275 Å². The van der Waals surface area contributed by atoms with Crippen LogP contribution in [0.1, 0.15) is 25.0 Å². The Morgan fingerprint density at radius 2 is 0.531 bits per heavy atom. The fraction of sp³-hybridized carbons (Fsp3) is 0.0233. The highest BCUT2D eigenvalue weighted by molar-refractivity contribution is 7.26. The summed E-state index contributed by atoms with van der Waals surface area (Å²) in [5, 5.41) is 18.1. The van der Waals surface area contributed by atoms with Crippen LogP contribution >= 0.6 is 11.3 Å². The van der Waals surface area contributed by atoms with Gasteiger partial charge in [0.05, 0.1) is 99.1 Å². The molecule has 670 valence electrons. The summed E-state index contributed by atoms with van der Waals surface area (Å²) in [6.45, 7) is 4.71. The Labute approximate surface area is 821 Å². The van der Waals surface area contributed by atoms with Gasteiger partial charge in [0.1, 0.15) is 16.7 Å². The maximum Gasteiger partial charge on any atom is 0.231 e. The highest BCUT2D eigenvalue weighted by Crippen LogP contribution is 2.55. The third-order valence-electron chi connectivity index (χ3n) is 29.0. The average molecular weight is 1850 g/mol. The molecule has 14 heteroatoms. The topological polar surface area (TPSA) is 136 Å². The van der Waals surface area contributed by atoms with Crippen molar-refractivity contribution in [2.75, 3.05) is 0 Å². The van der Waals surface area contributed by atoms with Gasteiger partial charge in [-0.05, 0) is 119 Å². The van der Waals surface area contributed by atoms with Gasteiger partial charge in [-0.15, -0.1) is 11.3 Å². The molecule has 0 atom stereocenters. The molecule has 19 aromatic carbocycles. The third-order valence-corrected chi connectivity index (χ3v) is 30.2. The summed E-state index contributed by atoms with van der Waals surface area (Å²) in [6.07, 6.45) is 0. The lowest BCUT2D eigenvalue weighted by Crippen LogP contribution is -2.16. The van der Waals surface area contributed by atoms with Crippen LogP contribution in [-0.2, 0) is 5.41 Å². The van der Waals surface area contributed by atoms with E-state index in [1.807, 2.05) is 108 Å². The summed E-state index contributed by atoms with van der Waals surface area (Å²) in [6, 6.07) is 158. The van der Waals surface area contributed by atoms with Crippen LogP contribution in [0.5, 0.6) is 0 Å². The van der Waals surface area contributed by atoms with Gasteiger partial charge in [-0.1, -0.05) is 366 Å². The Hall–Kier alpha value is -18.8. The van der Waals surface area contributed by atoms with Gasteiger partial charge in [-0.2, -0.15) is 15.0 Å². The van der Waals surface area contributed by atoms with E-state index in [9.17, 15) is 0 Å². The molecule has 0 N–H and O–H groups in total. The Kier molecular flexibility index (Phi) is 18.3. The fourth-order valence-corrected chi connectivity index (χ4v) is 24.1. The average Bonchev–Trinajstić information content (AvgIpc) is 1.54. The minimum Gasteiger partial charge on any atom is -0.438 e. The fourth-order valence-electron chi connectivity index (χ4n) is 22.9. The summed E-state index contributed by atoms with van der Waals surface area (Å²) in [4.78, 5) is 31.4. The minimum atomic E-state index is -0.184. The van der Waals surface area contributed by atoms with Crippen molar-refractivity contribution in [2.24, 2.45) is 0 Å². The number of thiophene rings is 1. The molecular formula is C129H80N10O3S. The van der Waals surface area contributed by atoms with Crippen molar-refractivity contribution in [1.82, 2.24) is 48.2 Å². The van der Waals surface area contributed by atoms with Crippen molar-refractivity contribution in [3.05, 3.63) is 460 Å². The molecule has 0 radical (unpaired) electrons. The van der Waals surface area contributed by atoms with Crippen molar-refractivity contribution in [3.8, 4) is 102 Å². The molecule has 31 rings (SSSR count). The van der Waals surface area contributed by atoms with Crippen molar-refractivity contribution in [2.45, 2.75) is 19.3 Å². The minimum absolute atomic E-state index is 0.184. The van der Waals surface area contributed by atoms with Gasteiger partial charge < -0.3 is 31.5 Å². The van der Waals surface area contributed by atoms with Crippen molar-refractivity contribution < 1.29 is 13.3 Å². The molecule has 0 saturated heterocycles. The molecule has 0 bridgehead atoms. The number of aromatic nitrogens is 10. The lowest BCUT2D eigenvalue weighted by atomic mass is 9.81. The number of hydrogen-bond acceptors (Lipinski definition) is 10. The number of hydrogen-bond donors (Lipinski definition) is 0. The molecule has 143 heavy (non-hydrogen) atoms. The molecule has 1 aliphatic carbocycles. The predicted molar refractivity (Wildman–Crippen MR) is 588 cm³/mol. The van der Waals surface area contributed by atoms with Gasteiger partial charge in [0.2, 0.25) is 17.1 Å². The molecule has 0 unspecified atom stereocenters. The third kappa shape index (κ3) is 12.5. The molecule has 30 aromatic rings. The Balaban J connectivity index is 0.000000102. The summed E-state index contributed by atoms with van der Waals surface area (Å²) in [7, 11) is 0. The molecule has 11 heterocycles. The van der Waals surface area contributed by atoms with E-state index in [2.05, 4.69) is 384 Å². The molecule has 0 amide bonds. The number of fused-ring (bicyclic) bond motifs is 30. The van der Waals surface area contributed by atoms with Crippen LogP contribution in [0.15, 0.2) is 462 Å². The second-order valence-corrected chi connectivity index (χ2v) is 38.3. The zero-order valence-corrected chi connectivity index (χ0v) is 78.1. The van der Waals surface area contributed by atoms with Gasteiger partial charge in [-0.3, -0.25) is 0 Å². The lowest BCUT2D eigenvalue weighted by Gasteiger charge is -2.24. The van der Waals surface area contributed by atoms with Crippen LogP contribution in [-0.4, -0.2) is 48.2 Å². The molecule has 0 fully saturated rings. The van der Waals surface area contributed by atoms with E-state index >= 15 is 0 Å². The van der Waals surface area contributed by atoms with E-state index in [1.54, 1.807) is 0 Å². The van der Waals surface area contributed by atoms with Crippen molar-refractivity contribution in [1.29, 1.82) is 0 Å². The molecule has 11 aromatic heterocycles. The van der Waals surface area contributed by atoms with Gasteiger partial charge in [0, 0.05) is 119 Å². The SMILES string of the molecule is CC1(C)c2ccccc2-c2ccc3c4ccccc4n(-c4ccccc4-c4nc(-c5ccccc5)c5c(n4)oc4ccccc45)c3c21.c1ccc(-c2nc(-c3ccccc3-n3c4ccccc4c4ccc5c6ccccc6n(-c6ccccc6)c5c43)nc3oc4ccccc4c23)cc1.c1ccc(-c2nc(-c3ccccc3-n3c4ccccc4c4ccc5c6ccccc6sc5c43)nc3oc4ccccc4c23)cc1. The Morgan fingerprint density at radius 3 is 0.972 bits per heavy atom. The number of furan rings is 3. The number of rotatable bonds is 10. The standard InChI is InChI=1S/C46H28N4O.C43H29N3O.C40H23N3OS/c1-3-15-29(16-4-1)42-41-36-22-10-14-26-40(36)51-46(41)48-45(47-42)35-21-9-13-25-39(35)50-38-24-12-8-20-32(38)34-28-27-33-31-19-7-11-23-37(31)49(43(33)44(34)50)30-17-5-2-6-18-30;1-43(2)33-20-10-6-16-27(33)29-24-25-30-28-17-7-11-21-34(28)46(40(30)38(29)43)35-22-12-8-18-31(35)41-44-39(26-14-4-3-5-15-26)37-32-19-9-13-23-36(32)47-42(37)45-41;1-2-12-24(13-3-1)36-35-30-17-6-10-20-33(30)44-40(35)42-39(41-36)29-16-5-9-19-32(29)43-31-18-8-4-14-25(31)27-22-23-28-26-15-7-11-21-34(26)45-38(28)37(27)43/h1-28H;3-25H,1-2H3;1-23H. The van der Waals surface area contributed by atoms with Crippen LogP contribution in [0.3, 0.4) is 0 Å². The maximum atomic E-state index is 6.44. The summed E-state index contributed by atoms with van der Waals surface area (Å²) >= 11 is 1.85. The van der Waals surface area contributed by atoms with Crippen LogP contribution in [0.4, 0.5) is 0 Å². The zero-order valence-electron chi connectivity index (χ0n) is 77.3. The van der Waals surface area contributed by atoms with E-state index in [4.69, 9.17) is 43.2 Å². The smallest absolute Gasteiger partial charge is 0.231 e. The molecule has 0 aliphatic heterocycles. The highest BCUT2D eigenvalue weighted by Gasteiger charge is 2.40. The van der Waals surface area contributed by atoms with Crippen molar-refractivity contribution in [3.63, 3.8) is 0 Å². The molecule has 13 nitrogen and oxygen atoms in total. The summed E-state index contributed by atoms with van der Waals surface area (Å²) in [5.74, 6) is 1.87. The first-order valence-electron chi connectivity index (χ1n) is 48.3. The summed E-state index contributed by atoms with van der Waals surface area (Å²) in [5.41, 5.74) is 31.2. The van der Waals surface area contributed by atoms with E-state index in [0.717, 1.165) is 150 Å². The van der Waals surface area contributed by atoms with Gasteiger partial charge in [0.15, 0.2) is 17.5 Å². The molecule has 1 aliphatic rings. The Bertz CT molecular complexity index is 10500. The van der Waals surface area contributed by atoms with Crippen LogP contribution in [0, 0.1) is 0 Å². The first-order chi connectivity index (χ1) is 70.8. The normalized spacial score (nSPS) is 12.5. The number of para-hydroxylation sites is 11. The monoisotopic (exact) mass is 1850 g/mol. The van der Waals surface area contributed by atoms with E-state index in [-0.39, 0.29) is 5.41 Å². The first-order valence-corrected chi connectivity index (χ1v) is 49.1. The quantitative estimate of drug-likeness (QED) is 0.131. The number of nitrogens with zero attached hydrogens (tertiary/aromatic N) is 10. The largest absolute Gasteiger partial charge is 0.438 e. The van der Waals surface area contributed by atoms with Crippen LogP contribution in [0.2, 0.25) is 0 Å². The first kappa shape index (κ1) is 81.4. The molecule has 0 saturated carbocycles. The van der Waals surface area contributed by atoms with Gasteiger partial charge in [0.25, 0.3) is 0 Å². The zero-order chi connectivity index (χ0) is 94.2. The molecular weight excluding hydrogens is 1770 g/mol. The predicted octanol–water partition coefficient (Wildman–Crippen LogP) is 34.2.